The van der Waals surface area contributed by atoms with Crippen LogP contribution in [0.3, 0.4) is 0 Å². The van der Waals surface area contributed by atoms with E-state index in [1.165, 1.54) is 19.3 Å². The summed E-state index contributed by atoms with van der Waals surface area (Å²) in [6.07, 6.45) is 5.61. The second-order valence-electron chi connectivity index (χ2n) is 5.62. The van der Waals surface area contributed by atoms with Crippen molar-refractivity contribution >= 4 is 34.2 Å². The van der Waals surface area contributed by atoms with E-state index in [4.69, 9.17) is 5.73 Å². The number of halogens is 2. The molecule has 0 spiro atoms. The van der Waals surface area contributed by atoms with Gasteiger partial charge in [-0.15, -0.1) is 12.4 Å². The van der Waals surface area contributed by atoms with Gasteiger partial charge in [-0.05, 0) is 43.5 Å². The fraction of sp³-hybridized carbons (Fsp3) is 0.533. The predicted molar refractivity (Wildman–Crippen MR) is 88.5 cm³/mol. The van der Waals surface area contributed by atoms with Crippen LogP contribution in [0, 0.1) is 6.92 Å². The third-order valence-corrected chi connectivity index (χ3v) is 4.21. The Morgan fingerprint density at radius 1 is 1.30 bits per heavy atom. The van der Waals surface area contributed by atoms with Gasteiger partial charge >= 0.3 is 0 Å². The Balaban J connectivity index is 0.00000200. The molecule has 0 saturated heterocycles. The molecular formula is C15H22BrClN2O. The molecule has 0 bridgehead atoms. The summed E-state index contributed by atoms with van der Waals surface area (Å²) in [5.74, 6) is -0.0419. The van der Waals surface area contributed by atoms with Crippen LogP contribution in [-0.4, -0.2) is 18.0 Å². The lowest BCUT2D eigenvalue weighted by Crippen LogP contribution is -2.51. The Labute approximate surface area is 135 Å². The Morgan fingerprint density at radius 3 is 2.55 bits per heavy atom. The maximum Gasteiger partial charge on any atom is 0.251 e. The number of carbonyl (C=O) groups excluding carboxylic acids is 1. The molecule has 0 unspecified atom stereocenters. The monoisotopic (exact) mass is 360 g/mol. The van der Waals surface area contributed by atoms with Crippen LogP contribution in [0.15, 0.2) is 22.7 Å². The molecule has 5 heteroatoms. The molecule has 3 nitrogen and oxygen atoms in total. The van der Waals surface area contributed by atoms with E-state index < -0.39 is 0 Å². The molecule has 112 valence electrons. The van der Waals surface area contributed by atoms with Crippen LogP contribution in [0.25, 0.3) is 0 Å². The van der Waals surface area contributed by atoms with E-state index in [-0.39, 0.29) is 23.9 Å². The van der Waals surface area contributed by atoms with Crippen LogP contribution in [0.5, 0.6) is 0 Å². The summed E-state index contributed by atoms with van der Waals surface area (Å²) in [7, 11) is 0. The summed E-state index contributed by atoms with van der Waals surface area (Å²) >= 11 is 3.41. The molecule has 20 heavy (non-hydrogen) atoms. The highest BCUT2D eigenvalue weighted by Gasteiger charge is 2.27. The van der Waals surface area contributed by atoms with Crippen molar-refractivity contribution in [1.29, 1.82) is 0 Å². The van der Waals surface area contributed by atoms with Crippen LogP contribution in [-0.2, 0) is 0 Å². The van der Waals surface area contributed by atoms with Crippen LogP contribution >= 0.6 is 28.3 Å². The van der Waals surface area contributed by atoms with Crippen LogP contribution in [0.4, 0.5) is 0 Å². The third kappa shape index (κ3) is 4.76. The number of hydrogen-bond donors (Lipinski definition) is 2. The molecule has 1 aromatic rings. The topological polar surface area (TPSA) is 55.1 Å². The Hall–Kier alpha value is -0.580. The average Bonchev–Trinajstić information content (AvgIpc) is 2.36. The summed E-state index contributed by atoms with van der Waals surface area (Å²) in [6, 6.07) is 5.72. The smallest absolute Gasteiger partial charge is 0.251 e. The Bertz CT molecular complexity index is 453. The fourth-order valence-electron chi connectivity index (χ4n) is 2.66. The van der Waals surface area contributed by atoms with Crippen molar-refractivity contribution < 1.29 is 4.79 Å². The molecule has 3 N–H and O–H groups in total. The minimum Gasteiger partial charge on any atom is -0.350 e. The van der Waals surface area contributed by atoms with E-state index in [2.05, 4.69) is 21.2 Å². The van der Waals surface area contributed by atoms with Gasteiger partial charge in [0.1, 0.15) is 0 Å². The van der Waals surface area contributed by atoms with Crippen molar-refractivity contribution in [3.8, 4) is 0 Å². The first-order valence-corrected chi connectivity index (χ1v) is 7.62. The molecule has 1 aliphatic carbocycles. The Kier molecular flexibility index (Phi) is 6.49. The van der Waals surface area contributed by atoms with Gasteiger partial charge in [0.2, 0.25) is 0 Å². The highest BCUT2D eigenvalue weighted by atomic mass is 79.9. The number of rotatable bonds is 3. The molecule has 0 heterocycles. The first-order chi connectivity index (χ1) is 8.98. The molecule has 0 aromatic heterocycles. The molecule has 1 saturated carbocycles. The van der Waals surface area contributed by atoms with Gasteiger partial charge in [0.25, 0.3) is 5.91 Å². The Morgan fingerprint density at radius 2 is 1.95 bits per heavy atom. The lowest BCUT2D eigenvalue weighted by molar-refractivity contribution is 0.0937. The van der Waals surface area contributed by atoms with Crippen molar-refractivity contribution in [3.05, 3.63) is 33.8 Å². The zero-order valence-electron chi connectivity index (χ0n) is 11.7. The number of amides is 1. The number of aryl methyl sites for hydroxylation is 1. The van der Waals surface area contributed by atoms with E-state index in [1.807, 2.05) is 25.1 Å². The maximum absolute atomic E-state index is 12.1. The number of hydrogen-bond acceptors (Lipinski definition) is 2. The highest BCUT2D eigenvalue weighted by Crippen LogP contribution is 2.25. The first kappa shape index (κ1) is 17.5. The van der Waals surface area contributed by atoms with E-state index in [1.54, 1.807) is 0 Å². The highest BCUT2D eigenvalue weighted by molar-refractivity contribution is 9.10. The van der Waals surface area contributed by atoms with Crippen molar-refractivity contribution in [3.63, 3.8) is 0 Å². The van der Waals surface area contributed by atoms with Gasteiger partial charge in [0.05, 0.1) is 0 Å². The van der Waals surface area contributed by atoms with Crippen molar-refractivity contribution in [2.24, 2.45) is 5.73 Å². The van der Waals surface area contributed by atoms with Crippen LogP contribution < -0.4 is 11.1 Å². The van der Waals surface area contributed by atoms with Gasteiger partial charge in [-0.3, -0.25) is 4.79 Å². The summed E-state index contributed by atoms with van der Waals surface area (Å²) in [5, 5.41) is 2.98. The van der Waals surface area contributed by atoms with Gasteiger partial charge in [-0.25, -0.2) is 0 Å². The van der Waals surface area contributed by atoms with Crippen LogP contribution in [0.2, 0.25) is 0 Å². The third-order valence-electron chi connectivity index (χ3n) is 3.75. The van der Waals surface area contributed by atoms with Gasteiger partial charge in [-0.1, -0.05) is 35.2 Å². The molecule has 0 radical (unpaired) electrons. The molecule has 2 rings (SSSR count). The minimum absolute atomic E-state index is 0. The van der Waals surface area contributed by atoms with E-state index >= 15 is 0 Å². The number of benzene rings is 1. The lowest BCUT2D eigenvalue weighted by Gasteiger charge is -2.33. The summed E-state index contributed by atoms with van der Waals surface area (Å²) < 4.78 is 0.928. The molecular weight excluding hydrogens is 340 g/mol. The summed E-state index contributed by atoms with van der Waals surface area (Å²) in [5.41, 5.74) is 7.86. The van der Waals surface area contributed by atoms with Crippen LogP contribution in [0.1, 0.15) is 48.0 Å². The van der Waals surface area contributed by atoms with Crippen molar-refractivity contribution in [2.75, 3.05) is 6.54 Å². The predicted octanol–water partition coefficient (Wildman–Crippen LogP) is 3.57. The zero-order chi connectivity index (χ0) is 13.9. The quantitative estimate of drug-likeness (QED) is 0.864. The van der Waals surface area contributed by atoms with Crippen molar-refractivity contribution in [2.45, 2.75) is 44.6 Å². The minimum atomic E-state index is -0.213. The maximum atomic E-state index is 12.1. The van der Waals surface area contributed by atoms with Gasteiger partial charge in [0.15, 0.2) is 0 Å². The first-order valence-electron chi connectivity index (χ1n) is 6.83. The average molecular weight is 362 g/mol. The summed E-state index contributed by atoms with van der Waals surface area (Å²) in [4.78, 5) is 12.1. The van der Waals surface area contributed by atoms with Crippen molar-refractivity contribution in [1.82, 2.24) is 5.32 Å². The zero-order valence-corrected chi connectivity index (χ0v) is 14.1. The van der Waals surface area contributed by atoms with E-state index in [9.17, 15) is 4.79 Å². The molecule has 0 atom stereocenters. The fourth-order valence-corrected chi connectivity index (χ4v) is 3.27. The molecule has 0 aliphatic heterocycles. The van der Waals surface area contributed by atoms with Gasteiger partial charge in [-0.2, -0.15) is 0 Å². The standard InChI is InChI=1S/C15H21BrN2O.ClH/c1-11-7-12(9-13(16)8-11)14(19)18-10-15(17)5-3-2-4-6-15;/h7-9H,2-6,10,17H2,1H3,(H,18,19);1H. The van der Waals surface area contributed by atoms with Gasteiger partial charge < -0.3 is 11.1 Å². The molecule has 1 fully saturated rings. The molecule has 1 aromatic carbocycles. The molecule has 1 amide bonds. The lowest BCUT2D eigenvalue weighted by atomic mass is 9.82. The van der Waals surface area contributed by atoms with Gasteiger partial charge in [0, 0.05) is 22.1 Å². The largest absolute Gasteiger partial charge is 0.350 e. The van der Waals surface area contributed by atoms with E-state index in [0.29, 0.717) is 12.1 Å². The number of carbonyl (C=O) groups is 1. The summed E-state index contributed by atoms with van der Waals surface area (Å²) in [6.45, 7) is 2.55. The molecule has 1 aliphatic rings. The number of nitrogens with two attached hydrogens (primary N) is 1. The normalized spacial score (nSPS) is 17.1. The van der Waals surface area contributed by atoms with E-state index in [0.717, 1.165) is 22.9 Å². The number of nitrogens with one attached hydrogen (secondary N) is 1. The second kappa shape index (κ2) is 7.43. The second-order valence-corrected chi connectivity index (χ2v) is 6.54. The SMILES string of the molecule is Cc1cc(Br)cc(C(=O)NCC2(N)CCCCC2)c1.Cl.